The van der Waals surface area contributed by atoms with Crippen LogP contribution >= 0.6 is 0 Å². The van der Waals surface area contributed by atoms with E-state index in [9.17, 15) is 4.79 Å². The number of unbranched alkanes of at least 4 members (excludes halogenated alkanes) is 1. The molecule has 5 nitrogen and oxygen atoms in total. The maximum Gasteiger partial charge on any atom is 0.269 e. The Hall–Kier alpha value is -2.56. The van der Waals surface area contributed by atoms with Crippen LogP contribution in [0.25, 0.3) is 0 Å². The van der Waals surface area contributed by atoms with E-state index in [1.807, 2.05) is 12.1 Å². The number of nitrogens with one attached hydrogen (secondary N) is 1. The van der Waals surface area contributed by atoms with Crippen LogP contribution in [-0.4, -0.2) is 43.6 Å². The van der Waals surface area contributed by atoms with Crippen LogP contribution < -0.4 is 15.1 Å². The first kappa shape index (κ1) is 19.2. The van der Waals surface area contributed by atoms with Crippen LogP contribution in [0.15, 0.2) is 36.5 Å². The first-order chi connectivity index (χ1) is 13.1. The van der Waals surface area contributed by atoms with E-state index in [2.05, 4.69) is 59.1 Å². The van der Waals surface area contributed by atoms with Gasteiger partial charge in [-0.3, -0.25) is 9.78 Å². The van der Waals surface area contributed by atoms with Crippen molar-refractivity contribution in [2.24, 2.45) is 0 Å². The summed E-state index contributed by atoms with van der Waals surface area (Å²) >= 11 is 0. The van der Waals surface area contributed by atoms with E-state index in [0.29, 0.717) is 12.2 Å². The van der Waals surface area contributed by atoms with Gasteiger partial charge in [-0.2, -0.15) is 0 Å². The molecule has 1 aliphatic heterocycles. The summed E-state index contributed by atoms with van der Waals surface area (Å²) in [6, 6.07) is 10.4. The summed E-state index contributed by atoms with van der Waals surface area (Å²) in [5, 5.41) is 2.94. The van der Waals surface area contributed by atoms with Crippen LogP contribution in [0.4, 0.5) is 11.4 Å². The highest BCUT2D eigenvalue weighted by Gasteiger charge is 2.20. The first-order valence-corrected chi connectivity index (χ1v) is 9.90. The molecule has 0 saturated carbocycles. The maximum atomic E-state index is 12.3. The van der Waals surface area contributed by atoms with Gasteiger partial charge in [-0.05, 0) is 49.6 Å². The molecule has 27 heavy (non-hydrogen) atoms. The summed E-state index contributed by atoms with van der Waals surface area (Å²) in [7, 11) is 0. The van der Waals surface area contributed by atoms with Gasteiger partial charge >= 0.3 is 0 Å². The van der Waals surface area contributed by atoms with Crippen LogP contribution in [0.2, 0.25) is 0 Å². The summed E-state index contributed by atoms with van der Waals surface area (Å²) in [6.45, 7) is 11.0. The predicted octanol–water partition coefficient (Wildman–Crippen LogP) is 3.55. The van der Waals surface area contributed by atoms with Crippen molar-refractivity contribution >= 4 is 17.3 Å². The number of hydrogen-bond donors (Lipinski definition) is 1. The molecule has 1 amide bonds. The highest BCUT2D eigenvalue weighted by atomic mass is 16.1. The van der Waals surface area contributed by atoms with Crippen LogP contribution in [0.1, 0.15) is 41.4 Å². The molecule has 5 heteroatoms. The van der Waals surface area contributed by atoms with Crippen LogP contribution in [0, 0.1) is 13.8 Å². The van der Waals surface area contributed by atoms with Gasteiger partial charge < -0.3 is 15.1 Å². The molecule has 2 aromatic rings. The quantitative estimate of drug-likeness (QED) is 0.794. The average Bonchev–Trinajstić information content (AvgIpc) is 2.70. The monoisotopic (exact) mass is 366 g/mol. The fourth-order valence-corrected chi connectivity index (χ4v) is 3.49. The van der Waals surface area contributed by atoms with Gasteiger partial charge in [0, 0.05) is 50.3 Å². The number of aromatic nitrogens is 1. The number of rotatable bonds is 6. The van der Waals surface area contributed by atoms with E-state index in [1.165, 1.54) is 16.8 Å². The fourth-order valence-electron chi connectivity index (χ4n) is 3.49. The van der Waals surface area contributed by atoms with E-state index in [-0.39, 0.29) is 5.91 Å². The zero-order valence-corrected chi connectivity index (χ0v) is 16.7. The minimum Gasteiger partial charge on any atom is -0.368 e. The summed E-state index contributed by atoms with van der Waals surface area (Å²) in [6.07, 6.45) is 3.80. The van der Waals surface area contributed by atoms with E-state index >= 15 is 0 Å². The second-order valence-electron chi connectivity index (χ2n) is 7.20. The predicted molar refractivity (Wildman–Crippen MR) is 112 cm³/mol. The second kappa shape index (κ2) is 8.89. The SMILES string of the molecule is CCCCNC(=O)c1cc(N2CCN(c3cccc(C)c3C)CC2)ccn1. The largest absolute Gasteiger partial charge is 0.368 e. The van der Waals surface area contributed by atoms with Crippen molar-refractivity contribution in [3.63, 3.8) is 0 Å². The number of pyridine rings is 1. The Balaban J connectivity index is 1.63. The molecule has 1 fully saturated rings. The van der Waals surface area contributed by atoms with Crippen LogP contribution in [-0.2, 0) is 0 Å². The number of aryl methyl sites for hydroxylation is 1. The first-order valence-electron chi connectivity index (χ1n) is 9.90. The number of anilines is 2. The Morgan fingerprint density at radius 3 is 2.59 bits per heavy atom. The summed E-state index contributed by atoms with van der Waals surface area (Å²) < 4.78 is 0. The molecular weight excluding hydrogens is 336 g/mol. The van der Waals surface area contributed by atoms with Gasteiger partial charge in [0.05, 0.1) is 0 Å². The molecule has 1 aliphatic rings. The summed E-state index contributed by atoms with van der Waals surface area (Å²) in [4.78, 5) is 21.3. The molecule has 2 heterocycles. The standard InChI is InChI=1S/C22H30N4O/c1-4-5-10-24-22(27)20-16-19(9-11-23-20)25-12-14-26(15-13-25)21-8-6-7-17(2)18(21)3/h6-9,11,16H,4-5,10,12-15H2,1-3H3,(H,24,27). The third-order valence-corrected chi connectivity index (χ3v) is 5.35. The van der Waals surface area contributed by atoms with Crippen LogP contribution in [0.3, 0.4) is 0 Å². The minimum absolute atomic E-state index is 0.0840. The number of carbonyl (C=O) groups excluding carboxylic acids is 1. The van der Waals surface area contributed by atoms with Crippen LogP contribution in [0.5, 0.6) is 0 Å². The maximum absolute atomic E-state index is 12.3. The lowest BCUT2D eigenvalue weighted by Crippen LogP contribution is -2.46. The third-order valence-electron chi connectivity index (χ3n) is 5.35. The van der Waals surface area contributed by atoms with Gasteiger partial charge in [0.1, 0.15) is 5.69 Å². The van der Waals surface area contributed by atoms with E-state index in [0.717, 1.165) is 44.7 Å². The van der Waals surface area contributed by atoms with Gasteiger partial charge in [-0.15, -0.1) is 0 Å². The number of amides is 1. The van der Waals surface area contributed by atoms with Crippen molar-refractivity contribution in [3.8, 4) is 0 Å². The lowest BCUT2D eigenvalue weighted by molar-refractivity contribution is 0.0948. The molecule has 0 atom stereocenters. The van der Waals surface area contributed by atoms with E-state index in [1.54, 1.807) is 6.20 Å². The highest BCUT2D eigenvalue weighted by Crippen LogP contribution is 2.25. The number of nitrogens with zero attached hydrogens (tertiary/aromatic N) is 3. The Morgan fingerprint density at radius 2 is 1.85 bits per heavy atom. The molecule has 0 spiro atoms. The van der Waals surface area contributed by atoms with Crippen molar-refractivity contribution in [2.75, 3.05) is 42.5 Å². The Bertz CT molecular complexity index is 782. The molecule has 1 N–H and O–H groups in total. The Morgan fingerprint density at radius 1 is 1.11 bits per heavy atom. The van der Waals surface area contributed by atoms with Gasteiger partial charge in [-0.25, -0.2) is 0 Å². The molecule has 0 aliphatic carbocycles. The normalized spacial score (nSPS) is 14.3. The summed E-state index contributed by atoms with van der Waals surface area (Å²) in [5.41, 5.74) is 5.61. The lowest BCUT2D eigenvalue weighted by Gasteiger charge is -2.38. The summed E-state index contributed by atoms with van der Waals surface area (Å²) in [5.74, 6) is -0.0840. The van der Waals surface area contributed by atoms with Crippen molar-refractivity contribution in [1.82, 2.24) is 10.3 Å². The zero-order valence-electron chi connectivity index (χ0n) is 16.7. The number of hydrogen-bond acceptors (Lipinski definition) is 4. The van der Waals surface area contributed by atoms with Crippen molar-refractivity contribution in [3.05, 3.63) is 53.3 Å². The lowest BCUT2D eigenvalue weighted by atomic mass is 10.1. The second-order valence-corrected chi connectivity index (χ2v) is 7.20. The molecule has 1 saturated heterocycles. The Labute approximate surface area is 162 Å². The molecule has 144 valence electrons. The molecule has 3 rings (SSSR count). The number of carbonyl (C=O) groups is 1. The van der Waals surface area contributed by atoms with E-state index in [4.69, 9.17) is 0 Å². The Kier molecular flexibility index (Phi) is 6.32. The molecule has 0 bridgehead atoms. The molecular formula is C22H30N4O. The highest BCUT2D eigenvalue weighted by molar-refractivity contribution is 5.93. The van der Waals surface area contributed by atoms with Gasteiger partial charge in [0.2, 0.25) is 0 Å². The molecule has 1 aromatic carbocycles. The van der Waals surface area contributed by atoms with Crippen molar-refractivity contribution < 1.29 is 4.79 Å². The van der Waals surface area contributed by atoms with E-state index < -0.39 is 0 Å². The number of benzene rings is 1. The zero-order chi connectivity index (χ0) is 19.2. The molecule has 0 radical (unpaired) electrons. The minimum atomic E-state index is -0.0840. The topological polar surface area (TPSA) is 48.5 Å². The van der Waals surface area contributed by atoms with Crippen molar-refractivity contribution in [1.29, 1.82) is 0 Å². The molecule has 0 unspecified atom stereocenters. The van der Waals surface area contributed by atoms with Gasteiger partial charge in [-0.1, -0.05) is 25.5 Å². The van der Waals surface area contributed by atoms with Gasteiger partial charge in [0.15, 0.2) is 0 Å². The third kappa shape index (κ3) is 4.59. The van der Waals surface area contributed by atoms with Gasteiger partial charge in [0.25, 0.3) is 5.91 Å². The smallest absolute Gasteiger partial charge is 0.269 e. The van der Waals surface area contributed by atoms with Crippen molar-refractivity contribution in [2.45, 2.75) is 33.6 Å². The number of piperazine rings is 1. The average molecular weight is 367 g/mol. The fraction of sp³-hybridized carbons (Fsp3) is 0.455. The molecule has 1 aromatic heterocycles.